The number of hydrogen-bond donors (Lipinski definition) is 1. The highest BCUT2D eigenvalue weighted by molar-refractivity contribution is 5.98. The molecule has 2 aliphatic rings. The highest BCUT2D eigenvalue weighted by Gasteiger charge is 2.61. The third kappa shape index (κ3) is 4.08. The van der Waals surface area contributed by atoms with Gasteiger partial charge in [0.25, 0.3) is 0 Å². The number of esters is 1. The van der Waals surface area contributed by atoms with E-state index in [1.807, 2.05) is 6.08 Å². The maximum Gasteiger partial charge on any atom is 0.318 e. The summed E-state index contributed by atoms with van der Waals surface area (Å²) in [5.74, 6) is 0.565. The van der Waals surface area contributed by atoms with Gasteiger partial charge in [0.2, 0.25) is 11.8 Å². The van der Waals surface area contributed by atoms with E-state index in [2.05, 4.69) is 17.8 Å². The number of carbonyl (C=O) groups is 3. The molecule has 1 N–H and O–H groups in total. The monoisotopic (exact) mass is 372 g/mol. The Kier molecular flexibility index (Phi) is 7.23. The molecule has 0 saturated carbocycles. The van der Waals surface area contributed by atoms with Gasteiger partial charge in [0.1, 0.15) is 5.41 Å². The Morgan fingerprint density at radius 3 is 2.93 bits per heavy atom. The zero-order valence-corrected chi connectivity index (χ0v) is 16.0. The molecular formula is C21H28N2O4. The van der Waals surface area contributed by atoms with Crippen molar-refractivity contribution >= 4 is 17.8 Å². The number of carbonyl (C=O) groups excluding carboxylic acids is 3. The van der Waals surface area contributed by atoms with Crippen molar-refractivity contribution in [2.45, 2.75) is 45.4 Å². The first-order valence-corrected chi connectivity index (χ1v) is 9.53. The van der Waals surface area contributed by atoms with E-state index < -0.39 is 17.3 Å². The lowest BCUT2D eigenvalue weighted by Crippen LogP contribution is -2.42. The quantitative estimate of drug-likeness (QED) is 0.422. The van der Waals surface area contributed by atoms with Crippen LogP contribution in [0.1, 0.15) is 45.4 Å². The number of nitrogens with zero attached hydrogens (tertiary/aromatic N) is 1. The van der Waals surface area contributed by atoms with Crippen LogP contribution in [0.2, 0.25) is 0 Å². The van der Waals surface area contributed by atoms with Crippen LogP contribution in [0.25, 0.3) is 0 Å². The van der Waals surface area contributed by atoms with Crippen molar-refractivity contribution in [3.05, 3.63) is 24.4 Å². The Morgan fingerprint density at radius 1 is 1.48 bits per heavy atom. The Hall–Kier alpha value is -2.55. The Morgan fingerprint density at radius 2 is 2.26 bits per heavy atom. The summed E-state index contributed by atoms with van der Waals surface area (Å²) in [5, 5.41) is 2.60. The number of nitrogens with one attached hydrogen (secondary N) is 1. The van der Waals surface area contributed by atoms with Crippen LogP contribution >= 0.6 is 0 Å². The molecule has 2 rings (SSSR count). The van der Waals surface area contributed by atoms with Gasteiger partial charge < -0.3 is 15.0 Å². The Balaban J connectivity index is 2.51. The van der Waals surface area contributed by atoms with Crippen molar-refractivity contribution in [3.63, 3.8) is 0 Å². The van der Waals surface area contributed by atoms with Gasteiger partial charge in [-0.3, -0.25) is 14.4 Å². The van der Waals surface area contributed by atoms with Crippen LogP contribution in [-0.2, 0) is 19.1 Å². The number of rotatable bonds is 7. The minimum absolute atomic E-state index is 0.0885. The molecular weight excluding hydrogens is 344 g/mol. The van der Waals surface area contributed by atoms with Crippen LogP contribution in [0.5, 0.6) is 0 Å². The fourth-order valence-electron chi connectivity index (χ4n) is 4.09. The molecule has 6 nitrogen and oxygen atoms in total. The summed E-state index contributed by atoms with van der Waals surface area (Å²) in [6.45, 7) is 6.08. The summed E-state index contributed by atoms with van der Waals surface area (Å²) < 4.78 is 5.40. The lowest BCUT2D eigenvalue weighted by Gasteiger charge is -2.34. The van der Waals surface area contributed by atoms with Crippen molar-refractivity contribution in [1.29, 1.82) is 0 Å². The predicted octanol–water partition coefficient (Wildman–Crippen LogP) is 2.17. The van der Waals surface area contributed by atoms with E-state index in [0.29, 0.717) is 18.7 Å². The lowest BCUT2D eigenvalue weighted by molar-refractivity contribution is -0.158. The number of likely N-dealkylation sites (tertiary alicyclic amines) is 1. The van der Waals surface area contributed by atoms with Crippen LogP contribution in [0.3, 0.4) is 0 Å². The highest BCUT2D eigenvalue weighted by Crippen LogP contribution is 2.52. The summed E-state index contributed by atoms with van der Waals surface area (Å²) >= 11 is 0. The van der Waals surface area contributed by atoms with Crippen molar-refractivity contribution < 1.29 is 19.1 Å². The zero-order valence-electron chi connectivity index (χ0n) is 16.0. The molecule has 0 aromatic rings. The number of hydrogen-bond acceptors (Lipinski definition) is 4. The van der Waals surface area contributed by atoms with Crippen molar-refractivity contribution in [3.8, 4) is 12.3 Å². The van der Waals surface area contributed by atoms with E-state index in [1.54, 1.807) is 17.9 Å². The summed E-state index contributed by atoms with van der Waals surface area (Å²) in [6, 6.07) is 0. The largest absolute Gasteiger partial charge is 0.465 e. The average molecular weight is 372 g/mol. The number of allylic oxidation sites excluding steroid dienone is 1. The molecule has 6 heteroatoms. The minimum Gasteiger partial charge on any atom is -0.465 e. The molecule has 1 aliphatic heterocycles. The second-order valence-corrected chi connectivity index (χ2v) is 6.86. The van der Waals surface area contributed by atoms with Crippen LogP contribution in [0, 0.1) is 23.7 Å². The van der Waals surface area contributed by atoms with E-state index in [1.165, 1.54) is 0 Å². The first-order valence-electron chi connectivity index (χ1n) is 9.53. The van der Waals surface area contributed by atoms with Gasteiger partial charge in [-0.1, -0.05) is 30.9 Å². The molecule has 0 spiro atoms. The molecule has 1 saturated heterocycles. The average Bonchev–Trinajstić information content (AvgIpc) is 2.83. The van der Waals surface area contributed by atoms with Crippen molar-refractivity contribution in [2.24, 2.45) is 11.3 Å². The Bertz CT molecular complexity index is 676. The van der Waals surface area contributed by atoms with Crippen molar-refractivity contribution in [1.82, 2.24) is 10.2 Å². The van der Waals surface area contributed by atoms with Crippen LogP contribution in [0.15, 0.2) is 24.4 Å². The van der Waals surface area contributed by atoms with Gasteiger partial charge in [0.05, 0.1) is 19.1 Å². The molecule has 0 bridgehead atoms. The predicted molar refractivity (Wildman–Crippen MR) is 102 cm³/mol. The zero-order chi connectivity index (χ0) is 19.9. The van der Waals surface area contributed by atoms with E-state index in [9.17, 15) is 14.4 Å². The van der Waals surface area contributed by atoms with Crippen molar-refractivity contribution in [2.75, 3.05) is 19.7 Å². The number of ether oxygens (including phenoxy) is 1. The molecule has 27 heavy (non-hydrogen) atoms. The second-order valence-electron chi connectivity index (χ2n) is 6.86. The topological polar surface area (TPSA) is 75.7 Å². The fraction of sp³-hybridized carbons (Fsp3) is 0.571. The molecule has 0 unspecified atom stereocenters. The standard InChI is InChI=1S/C21H28N2O4/c1-4-13-22-18(24)15-16-19(25)23(14-5-2)17-11-9-7-8-10-12-21(16,17)20(26)27-6-3/h1,5,11,16H,2,6-10,12-15H2,3H3,(H,22,24)/b17-11+/t16-,21-/m1/s1. The summed E-state index contributed by atoms with van der Waals surface area (Å²) in [7, 11) is 0. The van der Waals surface area contributed by atoms with Crippen LogP contribution < -0.4 is 5.32 Å². The molecule has 0 aromatic heterocycles. The molecule has 1 heterocycles. The van der Waals surface area contributed by atoms with Gasteiger partial charge in [-0.05, 0) is 26.2 Å². The fourth-order valence-corrected chi connectivity index (χ4v) is 4.09. The van der Waals surface area contributed by atoms with Gasteiger partial charge in [0.15, 0.2) is 0 Å². The molecule has 2 amide bonds. The molecule has 1 fully saturated rings. The third-order valence-corrected chi connectivity index (χ3v) is 5.25. The lowest BCUT2D eigenvalue weighted by atomic mass is 9.69. The first-order chi connectivity index (χ1) is 13.0. The van der Waals surface area contributed by atoms with E-state index in [4.69, 9.17) is 11.2 Å². The van der Waals surface area contributed by atoms with Gasteiger partial charge >= 0.3 is 5.97 Å². The molecule has 0 aromatic carbocycles. The second kappa shape index (κ2) is 9.40. The summed E-state index contributed by atoms with van der Waals surface area (Å²) in [5.41, 5.74) is -0.454. The summed E-state index contributed by atoms with van der Waals surface area (Å²) in [4.78, 5) is 40.3. The van der Waals surface area contributed by atoms with E-state index in [0.717, 1.165) is 25.7 Å². The third-order valence-electron chi connectivity index (χ3n) is 5.25. The molecule has 0 radical (unpaired) electrons. The molecule has 146 valence electrons. The smallest absolute Gasteiger partial charge is 0.318 e. The minimum atomic E-state index is -1.12. The number of amides is 2. The number of terminal acetylenes is 1. The van der Waals surface area contributed by atoms with Crippen LogP contribution in [-0.4, -0.2) is 42.4 Å². The normalized spacial score (nSPS) is 26.7. The maximum atomic E-state index is 13.2. The van der Waals surface area contributed by atoms with E-state index in [-0.39, 0.29) is 31.4 Å². The SMILES string of the molecule is C#CCNC(=O)C[C@@H]1C(=O)N(CC=C)/C2=C/CCCCC[C@]21C(=O)OCC. The Labute approximate surface area is 161 Å². The molecule has 1 aliphatic carbocycles. The number of fused-ring (bicyclic) bond motifs is 1. The first kappa shape index (κ1) is 20.8. The molecule has 2 atom stereocenters. The van der Waals surface area contributed by atoms with Gasteiger partial charge in [-0.25, -0.2) is 0 Å². The van der Waals surface area contributed by atoms with Gasteiger partial charge in [-0.2, -0.15) is 0 Å². The highest BCUT2D eigenvalue weighted by atomic mass is 16.5. The summed E-state index contributed by atoms with van der Waals surface area (Å²) in [6.07, 6.45) is 12.8. The van der Waals surface area contributed by atoms with Gasteiger partial charge in [0, 0.05) is 18.7 Å². The van der Waals surface area contributed by atoms with E-state index >= 15 is 0 Å². The maximum absolute atomic E-state index is 13.2. The van der Waals surface area contributed by atoms with Crippen LogP contribution in [0.4, 0.5) is 0 Å². The van der Waals surface area contributed by atoms with Gasteiger partial charge in [-0.15, -0.1) is 13.0 Å².